The van der Waals surface area contributed by atoms with Crippen molar-refractivity contribution in [1.29, 1.82) is 0 Å². The molecule has 0 saturated carbocycles. The van der Waals surface area contributed by atoms with Gasteiger partial charge in [-0.15, -0.1) is 0 Å². The van der Waals surface area contributed by atoms with Crippen LogP contribution >= 0.6 is 0 Å². The van der Waals surface area contributed by atoms with Crippen LogP contribution in [0.5, 0.6) is 0 Å². The van der Waals surface area contributed by atoms with Crippen LogP contribution in [0.3, 0.4) is 0 Å². The number of morpholine rings is 1. The lowest BCUT2D eigenvalue weighted by molar-refractivity contribution is -0.0707. The maximum absolute atomic E-state index is 13.6. The second kappa shape index (κ2) is 8.55. The third-order valence-electron chi connectivity index (χ3n) is 5.76. The van der Waals surface area contributed by atoms with E-state index in [2.05, 4.69) is 23.7 Å². The third kappa shape index (κ3) is 4.55. The molecular formula is C21H30N4O3S. The highest BCUT2D eigenvalue weighted by atomic mass is 32.2. The molecule has 0 bridgehead atoms. The Morgan fingerprint density at radius 1 is 1.17 bits per heavy atom. The number of aromatic nitrogens is 2. The Morgan fingerprint density at radius 3 is 2.66 bits per heavy atom. The van der Waals surface area contributed by atoms with Crippen molar-refractivity contribution in [2.24, 2.45) is 0 Å². The van der Waals surface area contributed by atoms with Crippen LogP contribution in [-0.4, -0.2) is 71.6 Å². The van der Waals surface area contributed by atoms with E-state index in [1.54, 1.807) is 29.0 Å². The third-order valence-corrected chi connectivity index (χ3v) is 7.81. The van der Waals surface area contributed by atoms with Gasteiger partial charge in [0.25, 0.3) is 0 Å². The molecule has 2 aliphatic heterocycles. The summed E-state index contributed by atoms with van der Waals surface area (Å²) in [6.45, 7) is 7.71. The van der Waals surface area contributed by atoms with E-state index in [9.17, 15) is 8.42 Å². The molecule has 0 unspecified atom stereocenters. The lowest BCUT2D eigenvalue weighted by Gasteiger charge is -2.38. The van der Waals surface area contributed by atoms with Crippen molar-refractivity contribution >= 4 is 10.0 Å². The SMILES string of the molecule is C[C@@H]1CN(C[C@H]2CCCN2S(=O)(=O)c2ccccc2Cn2ccnc2)C[C@@H](C)O1. The normalized spacial score (nSPS) is 26.8. The Bertz CT molecular complexity index is 906. The number of ether oxygens (including phenoxy) is 1. The largest absolute Gasteiger partial charge is 0.373 e. The van der Waals surface area contributed by atoms with Crippen LogP contribution in [0.4, 0.5) is 0 Å². The molecule has 0 amide bonds. The zero-order valence-corrected chi connectivity index (χ0v) is 18.0. The van der Waals surface area contributed by atoms with Crippen molar-refractivity contribution in [3.05, 3.63) is 48.5 Å². The van der Waals surface area contributed by atoms with Gasteiger partial charge in [-0.1, -0.05) is 18.2 Å². The predicted octanol–water partition coefficient (Wildman–Crippen LogP) is 2.19. The molecule has 0 aliphatic carbocycles. The van der Waals surface area contributed by atoms with E-state index in [-0.39, 0.29) is 18.2 Å². The van der Waals surface area contributed by atoms with Gasteiger partial charge in [0.05, 0.1) is 23.4 Å². The van der Waals surface area contributed by atoms with Crippen LogP contribution in [0.1, 0.15) is 32.3 Å². The summed E-state index contributed by atoms with van der Waals surface area (Å²) in [6, 6.07) is 7.34. The summed E-state index contributed by atoms with van der Waals surface area (Å²) < 4.78 is 36.7. The van der Waals surface area contributed by atoms with Crippen molar-refractivity contribution in [3.8, 4) is 0 Å². The summed E-state index contributed by atoms with van der Waals surface area (Å²) in [5.41, 5.74) is 0.796. The molecule has 1 aromatic carbocycles. The molecule has 3 atom stereocenters. The van der Waals surface area contributed by atoms with Gasteiger partial charge in [-0.25, -0.2) is 13.4 Å². The fraction of sp³-hybridized carbons (Fsp3) is 0.571. The molecule has 7 nitrogen and oxygen atoms in total. The van der Waals surface area contributed by atoms with Gasteiger partial charge in [-0.2, -0.15) is 4.31 Å². The van der Waals surface area contributed by atoms with Crippen LogP contribution < -0.4 is 0 Å². The molecule has 4 rings (SSSR count). The predicted molar refractivity (Wildman–Crippen MR) is 111 cm³/mol. The first-order valence-electron chi connectivity index (χ1n) is 10.4. The molecule has 1 aromatic heterocycles. The van der Waals surface area contributed by atoms with Gasteiger partial charge in [0.2, 0.25) is 10.0 Å². The number of imidazole rings is 1. The summed E-state index contributed by atoms with van der Waals surface area (Å²) >= 11 is 0. The molecule has 0 radical (unpaired) electrons. The first kappa shape index (κ1) is 20.5. The smallest absolute Gasteiger partial charge is 0.243 e. The lowest BCUT2D eigenvalue weighted by Crippen LogP contribution is -2.50. The van der Waals surface area contributed by atoms with Crippen molar-refractivity contribution in [1.82, 2.24) is 18.8 Å². The average Bonchev–Trinajstić information content (AvgIpc) is 3.33. The zero-order valence-electron chi connectivity index (χ0n) is 17.1. The van der Waals surface area contributed by atoms with Gasteiger partial charge in [0.15, 0.2) is 0 Å². The number of benzene rings is 1. The van der Waals surface area contributed by atoms with Gasteiger partial charge in [-0.3, -0.25) is 4.90 Å². The molecule has 158 valence electrons. The van der Waals surface area contributed by atoms with Gasteiger partial charge in [0, 0.05) is 51.2 Å². The van der Waals surface area contributed by atoms with Gasteiger partial charge in [-0.05, 0) is 38.3 Å². The topological polar surface area (TPSA) is 67.7 Å². The molecule has 2 aliphatic rings. The van der Waals surface area contributed by atoms with E-state index in [0.29, 0.717) is 18.0 Å². The van der Waals surface area contributed by atoms with Gasteiger partial charge >= 0.3 is 0 Å². The number of rotatable bonds is 6. The second-order valence-corrected chi connectivity index (χ2v) is 10.1. The molecule has 29 heavy (non-hydrogen) atoms. The standard InChI is InChI=1S/C21H30N4O3S/c1-17-12-24(13-18(2)28-17)15-20-7-5-10-25(20)29(26,27)21-8-4-3-6-19(21)14-23-11-9-22-16-23/h3-4,6,8-9,11,16-18,20H,5,7,10,12-15H2,1-2H3/t17-,18-,20-/m1/s1. The summed E-state index contributed by atoms with van der Waals surface area (Å²) in [4.78, 5) is 6.83. The highest BCUT2D eigenvalue weighted by Gasteiger charge is 2.38. The van der Waals surface area contributed by atoms with E-state index < -0.39 is 10.0 Å². The summed E-state index contributed by atoms with van der Waals surface area (Å²) in [5.74, 6) is 0. The lowest BCUT2D eigenvalue weighted by atomic mass is 10.1. The zero-order chi connectivity index (χ0) is 20.4. The van der Waals surface area contributed by atoms with Crippen molar-refractivity contribution in [3.63, 3.8) is 0 Å². The number of nitrogens with zero attached hydrogens (tertiary/aromatic N) is 4. The highest BCUT2D eigenvalue weighted by molar-refractivity contribution is 7.89. The van der Waals surface area contributed by atoms with Crippen molar-refractivity contribution in [2.45, 2.75) is 56.4 Å². The van der Waals surface area contributed by atoms with Crippen LogP contribution in [0.15, 0.2) is 47.9 Å². The van der Waals surface area contributed by atoms with Crippen molar-refractivity contribution < 1.29 is 13.2 Å². The maximum Gasteiger partial charge on any atom is 0.243 e. The first-order valence-corrected chi connectivity index (χ1v) is 11.8. The quantitative estimate of drug-likeness (QED) is 0.719. The number of sulfonamides is 1. The minimum Gasteiger partial charge on any atom is -0.373 e. The van der Waals surface area contributed by atoms with E-state index in [1.165, 1.54) is 0 Å². The minimum atomic E-state index is -3.56. The number of hydrogen-bond acceptors (Lipinski definition) is 5. The van der Waals surface area contributed by atoms with E-state index in [4.69, 9.17) is 4.74 Å². The highest BCUT2D eigenvalue weighted by Crippen LogP contribution is 2.29. The Hall–Kier alpha value is -1.74. The van der Waals surface area contributed by atoms with Crippen molar-refractivity contribution in [2.75, 3.05) is 26.2 Å². The van der Waals surface area contributed by atoms with E-state index in [0.717, 1.165) is 38.0 Å². The Kier molecular flexibility index (Phi) is 6.06. The maximum atomic E-state index is 13.6. The summed E-state index contributed by atoms with van der Waals surface area (Å²) in [6.07, 6.45) is 7.44. The van der Waals surface area contributed by atoms with Crippen LogP contribution in [0.25, 0.3) is 0 Å². The van der Waals surface area contributed by atoms with Crippen LogP contribution in [0, 0.1) is 0 Å². The van der Waals surface area contributed by atoms with E-state index in [1.807, 2.05) is 22.9 Å². The minimum absolute atomic E-state index is 0.0128. The first-order chi connectivity index (χ1) is 13.9. The summed E-state index contributed by atoms with van der Waals surface area (Å²) in [5, 5.41) is 0. The Balaban J connectivity index is 1.55. The van der Waals surface area contributed by atoms with Crippen LogP contribution in [-0.2, 0) is 21.3 Å². The molecule has 0 N–H and O–H groups in total. The molecule has 0 spiro atoms. The fourth-order valence-electron chi connectivity index (χ4n) is 4.63. The molecule has 8 heteroatoms. The number of hydrogen-bond donors (Lipinski definition) is 0. The molecule has 2 fully saturated rings. The fourth-order valence-corrected chi connectivity index (χ4v) is 6.53. The molecule has 2 saturated heterocycles. The average molecular weight is 419 g/mol. The molecular weight excluding hydrogens is 388 g/mol. The molecule has 2 aromatic rings. The van der Waals surface area contributed by atoms with E-state index >= 15 is 0 Å². The summed E-state index contributed by atoms with van der Waals surface area (Å²) in [7, 11) is -3.56. The Morgan fingerprint density at radius 2 is 1.93 bits per heavy atom. The van der Waals surface area contributed by atoms with Gasteiger partial charge in [0.1, 0.15) is 0 Å². The Labute approximate surface area is 173 Å². The van der Waals surface area contributed by atoms with Crippen LogP contribution in [0.2, 0.25) is 0 Å². The second-order valence-electron chi connectivity index (χ2n) is 8.23. The molecule has 3 heterocycles. The van der Waals surface area contributed by atoms with Gasteiger partial charge < -0.3 is 9.30 Å². The monoisotopic (exact) mass is 418 g/mol.